The molecule has 2 rings (SSSR count). The van der Waals surface area contributed by atoms with Crippen LogP contribution in [0.1, 0.15) is 31.7 Å². The van der Waals surface area contributed by atoms with Gasteiger partial charge in [-0.2, -0.15) is 9.57 Å². The van der Waals surface area contributed by atoms with Crippen molar-refractivity contribution < 1.29 is 8.42 Å². The molecule has 1 N–H and O–H groups in total. The SMILES string of the molecule is CCCN(C1CCNCC1)S(=O)(=O)c1cc(Br)cc(C#N)c1. The van der Waals surface area contributed by atoms with Crippen LogP contribution in [0.25, 0.3) is 0 Å². The average molecular weight is 386 g/mol. The lowest BCUT2D eigenvalue weighted by molar-refractivity contribution is 0.262. The Morgan fingerprint density at radius 3 is 2.64 bits per heavy atom. The highest BCUT2D eigenvalue weighted by Gasteiger charge is 2.32. The number of benzene rings is 1. The lowest BCUT2D eigenvalue weighted by atomic mass is 10.1. The van der Waals surface area contributed by atoms with E-state index in [0.29, 0.717) is 16.6 Å². The van der Waals surface area contributed by atoms with Gasteiger partial charge < -0.3 is 5.32 Å². The molecule has 22 heavy (non-hydrogen) atoms. The molecule has 0 radical (unpaired) electrons. The Balaban J connectivity index is 2.40. The summed E-state index contributed by atoms with van der Waals surface area (Å²) in [4.78, 5) is 0.186. The standard InChI is InChI=1S/C15H20BrN3O2S/c1-2-7-19(14-3-5-18-6-4-14)22(20,21)15-9-12(11-17)8-13(16)10-15/h8-10,14,18H,2-7H2,1H3. The fraction of sp³-hybridized carbons (Fsp3) is 0.533. The van der Waals surface area contributed by atoms with Crippen LogP contribution in [0.4, 0.5) is 0 Å². The second kappa shape index (κ2) is 7.55. The number of hydrogen-bond acceptors (Lipinski definition) is 4. The summed E-state index contributed by atoms with van der Waals surface area (Å²) in [7, 11) is -3.59. The third-order valence-electron chi connectivity index (χ3n) is 3.77. The van der Waals surface area contributed by atoms with Gasteiger partial charge in [0.05, 0.1) is 16.5 Å². The molecule has 0 aromatic heterocycles. The van der Waals surface area contributed by atoms with Gasteiger partial charge in [-0.05, 0) is 50.6 Å². The molecule has 0 amide bonds. The molecule has 1 aromatic rings. The van der Waals surface area contributed by atoms with Crippen molar-refractivity contribution in [3.8, 4) is 6.07 Å². The van der Waals surface area contributed by atoms with Crippen LogP contribution in [0.2, 0.25) is 0 Å². The predicted molar refractivity (Wildman–Crippen MR) is 88.9 cm³/mol. The minimum absolute atomic E-state index is 0.0238. The van der Waals surface area contributed by atoms with Crippen molar-refractivity contribution in [1.29, 1.82) is 5.26 Å². The van der Waals surface area contributed by atoms with E-state index in [2.05, 4.69) is 21.2 Å². The normalized spacial score (nSPS) is 16.6. The molecule has 0 aliphatic carbocycles. The Hall–Kier alpha value is -0.940. The Kier molecular flexibility index (Phi) is 5.98. The average Bonchev–Trinajstić information content (AvgIpc) is 2.52. The van der Waals surface area contributed by atoms with Crippen LogP contribution < -0.4 is 5.32 Å². The maximum atomic E-state index is 13.0. The quantitative estimate of drug-likeness (QED) is 0.844. The monoisotopic (exact) mass is 385 g/mol. The predicted octanol–water partition coefficient (Wildman–Crippen LogP) is 2.47. The molecule has 1 heterocycles. The first kappa shape index (κ1) is 17.4. The molecular formula is C15H20BrN3O2S. The van der Waals surface area contributed by atoms with Gasteiger partial charge in [0.25, 0.3) is 0 Å². The first-order chi connectivity index (χ1) is 10.5. The number of halogens is 1. The molecule has 1 aliphatic heterocycles. The molecule has 0 bridgehead atoms. The number of nitriles is 1. The summed E-state index contributed by atoms with van der Waals surface area (Å²) < 4.78 is 28.2. The van der Waals surface area contributed by atoms with Crippen LogP contribution in [0.3, 0.4) is 0 Å². The first-order valence-corrected chi connectivity index (χ1v) is 9.65. The minimum Gasteiger partial charge on any atom is -0.317 e. The molecule has 0 unspecified atom stereocenters. The van der Waals surface area contributed by atoms with Crippen molar-refractivity contribution in [3.63, 3.8) is 0 Å². The Labute approximate surface area is 140 Å². The number of hydrogen-bond donors (Lipinski definition) is 1. The van der Waals surface area contributed by atoms with Crippen molar-refractivity contribution >= 4 is 26.0 Å². The zero-order valence-corrected chi connectivity index (χ0v) is 15.0. The first-order valence-electron chi connectivity index (χ1n) is 7.42. The van der Waals surface area contributed by atoms with Crippen molar-refractivity contribution in [1.82, 2.24) is 9.62 Å². The summed E-state index contributed by atoms with van der Waals surface area (Å²) in [6, 6.07) is 6.67. The minimum atomic E-state index is -3.59. The van der Waals surface area contributed by atoms with Gasteiger partial charge in [0.1, 0.15) is 0 Å². The van der Waals surface area contributed by atoms with Gasteiger partial charge in [-0.25, -0.2) is 8.42 Å². The van der Waals surface area contributed by atoms with E-state index in [-0.39, 0.29) is 10.9 Å². The van der Waals surface area contributed by atoms with Gasteiger partial charge in [-0.3, -0.25) is 0 Å². The van der Waals surface area contributed by atoms with E-state index in [0.717, 1.165) is 32.4 Å². The van der Waals surface area contributed by atoms with Gasteiger partial charge in [-0.1, -0.05) is 22.9 Å². The summed E-state index contributed by atoms with van der Waals surface area (Å²) in [5.41, 5.74) is 0.342. The highest BCUT2D eigenvalue weighted by Crippen LogP contribution is 2.26. The molecule has 7 heteroatoms. The largest absolute Gasteiger partial charge is 0.317 e. The molecule has 0 spiro atoms. The molecular weight excluding hydrogens is 366 g/mol. The second-order valence-corrected chi connectivity index (χ2v) is 8.19. The van der Waals surface area contributed by atoms with Crippen LogP contribution >= 0.6 is 15.9 Å². The summed E-state index contributed by atoms with van der Waals surface area (Å²) in [6.45, 7) is 4.15. The Morgan fingerprint density at radius 2 is 2.05 bits per heavy atom. The summed E-state index contributed by atoms with van der Waals surface area (Å²) in [6.07, 6.45) is 2.40. The van der Waals surface area contributed by atoms with E-state index in [4.69, 9.17) is 5.26 Å². The van der Waals surface area contributed by atoms with Gasteiger partial charge in [-0.15, -0.1) is 0 Å². The molecule has 5 nitrogen and oxygen atoms in total. The second-order valence-electron chi connectivity index (χ2n) is 5.38. The number of rotatable bonds is 5. The van der Waals surface area contributed by atoms with Crippen molar-refractivity contribution in [2.45, 2.75) is 37.1 Å². The van der Waals surface area contributed by atoms with Gasteiger partial charge in [0, 0.05) is 17.1 Å². The highest BCUT2D eigenvalue weighted by atomic mass is 79.9. The van der Waals surface area contributed by atoms with Crippen LogP contribution in [-0.2, 0) is 10.0 Å². The topological polar surface area (TPSA) is 73.2 Å². The Bertz CT molecular complexity index is 664. The van der Waals surface area contributed by atoms with Crippen LogP contribution in [0.15, 0.2) is 27.6 Å². The molecule has 0 saturated carbocycles. The third-order valence-corrected chi connectivity index (χ3v) is 6.15. The van der Waals surface area contributed by atoms with E-state index < -0.39 is 10.0 Å². The fourth-order valence-corrected chi connectivity index (χ4v) is 5.22. The van der Waals surface area contributed by atoms with Crippen LogP contribution in [-0.4, -0.2) is 38.4 Å². The fourth-order valence-electron chi connectivity index (χ4n) is 2.73. The van der Waals surface area contributed by atoms with Crippen molar-refractivity contribution in [2.75, 3.05) is 19.6 Å². The lowest BCUT2D eigenvalue weighted by Crippen LogP contribution is -2.46. The molecule has 1 aliphatic rings. The van der Waals surface area contributed by atoms with E-state index in [1.807, 2.05) is 13.0 Å². The maximum absolute atomic E-state index is 13.0. The number of nitrogens with one attached hydrogen (secondary N) is 1. The Morgan fingerprint density at radius 1 is 1.36 bits per heavy atom. The lowest BCUT2D eigenvalue weighted by Gasteiger charge is -2.33. The smallest absolute Gasteiger partial charge is 0.243 e. The third kappa shape index (κ3) is 3.87. The number of piperidine rings is 1. The van der Waals surface area contributed by atoms with E-state index in [9.17, 15) is 8.42 Å². The van der Waals surface area contributed by atoms with Crippen molar-refractivity contribution in [2.24, 2.45) is 0 Å². The van der Waals surface area contributed by atoms with Gasteiger partial charge >= 0.3 is 0 Å². The zero-order valence-electron chi connectivity index (χ0n) is 12.5. The maximum Gasteiger partial charge on any atom is 0.243 e. The summed E-state index contributed by atoms with van der Waals surface area (Å²) >= 11 is 3.29. The van der Waals surface area contributed by atoms with E-state index in [1.165, 1.54) is 6.07 Å². The highest BCUT2D eigenvalue weighted by molar-refractivity contribution is 9.10. The number of sulfonamides is 1. The molecule has 1 fully saturated rings. The molecule has 1 saturated heterocycles. The van der Waals surface area contributed by atoms with Crippen molar-refractivity contribution in [3.05, 3.63) is 28.2 Å². The van der Waals surface area contributed by atoms with E-state index >= 15 is 0 Å². The molecule has 120 valence electrons. The number of nitrogens with zero attached hydrogens (tertiary/aromatic N) is 2. The van der Waals surface area contributed by atoms with E-state index in [1.54, 1.807) is 16.4 Å². The zero-order chi connectivity index (χ0) is 16.2. The van der Waals surface area contributed by atoms with Gasteiger partial charge in [0.15, 0.2) is 0 Å². The van der Waals surface area contributed by atoms with Crippen LogP contribution in [0.5, 0.6) is 0 Å². The molecule has 1 aromatic carbocycles. The summed E-state index contributed by atoms with van der Waals surface area (Å²) in [5.74, 6) is 0. The van der Waals surface area contributed by atoms with Gasteiger partial charge in [0.2, 0.25) is 10.0 Å². The molecule has 0 atom stereocenters. The summed E-state index contributed by atoms with van der Waals surface area (Å²) in [5, 5.41) is 12.3. The van der Waals surface area contributed by atoms with Crippen LogP contribution in [0, 0.1) is 11.3 Å².